The summed E-state index contributed by atoms with van der Waals surface area (Å²) in [5.41, 5.74) is 0. The molecule has 9 heavy (non-hydrogen) atoms. The van der Waals surface area contributed by atoms with Crippen LogP contribution in [0.1, 0.15) is 0 Å². The van der Waals surface area contributed by atoms with Gasteiger partial charge < -0.3 is 0 Å². The highest BCUT2D eigenvalue weighted by atomic mass is 16.1. The summed E-state index contributed by atoms with van der Waals surface area (Å²) in [5, 5.41) is 0. The highest BCUT2D eigenvalue weighted by Crippen LogP contribution is 1.67. The van der Waals surface area contributed by atoms with Crippen molar-refractivity contribution in [1.29, 1.82) is 0 Å². The van der Waals surface area contributed by atoms with Crippen LogP contribution in [0.2, 0.25) is 0 Å². The molecule has 0 atom stereocenters. The summed E-state index contributed by atoms with van der Waals surface area (Å²) in [6.45, 7) is 0.616. The number of hydrogen-bond donors (Lipinski definition) is 0. The number of hydrogen-bond acceptors (Lipinski definition) is 3. The molecule has 0 radical (unpaired) electrons. The first-order chi connectivity index (χ1) is 4.27. The monoisotopic (exact) mass is 124 g/mol. The maximum absolute atomic E-state index is 9.44. The fourth-order valence-electron chi connectivity index (χ4n) is 0.256. The molecular weight excluding hydrogens is 116 g/mol. The van der Waals surface area contributed by atoms with Crippen LogP contribution in [-0.4, -0.2) is 31.6 Å². The minimum absolute atomic E-state index is 0.616. The minimum atomic E-state index is 0.616. The Balaban J connectivity index is 3.50. The minimum Gasteiger partial charge on any atom is -0.298 e. The van der Waals surface area contributed by atoms with Crippen LogP contribution < -0.4 is 0 Å². The van der Waals surface area contributed by atoms with E-state index in [0.717, 1.165) is 0 Å². The molecule has 0 saturated heterocycles. The number of rotatable bonds is 1. The lowest BCUT2D eigenvalue weighted by Gasteiger charge is -1.99. The van der Waals surface area contributed by atoms with Gasteiger partial charge in [0.2, 0.25) is 6.08 Å². The molecule has 0 fully saturated rings. The van der Waals surface area contributed by atoms with Gasteiger partial charge in [-0.2, -0.15) is 0 Å². The summed E-state index contributed by atoms with van der Waals surface area (Å²) in [5.74, 6) is 2.63. The topological polar surface area (TPSA) is 32.7 Å². The molecule has 0 unspecified atom stereocenters. The molecule has 0 N–H and O–H groups in total. The van der Waals surface area contributed by atoms with Gasteiger partial charge in [0.25, 0.3) is 0 Å². The standard InChI is InChI=1S/C6H8N2O/c1-8(2)5-3-4-7-6-9/h5H2,1-2H3. The number of carbonyl (C=O) groups excluding carboxylic acids is 1. The number of isocyanates is 1. The third-order valence-electron chi connectivity index (χ3n) is 0.576. The summed E-state index contributed by atoms with van der Waals surface area (Å²) in [6, 6.07) is 2.28. The van der Waals surface area contributed by atoms with Crippen molar-refractivity contribution < 1.29 is 4.79 Å². The summed E-state index contributed by atoms with van der Waals surface area (Å²) < 4.78 is 0. The van der Waals surface area contributed by atoms with Gasteiger partial charge in [-0.25, -0.2) is 4.79 Å². The SMILES string of the molecule is CN(C)CC#CN=C=O. The van der Waals surface area contributed by atoms with Gasteiger partial charge in [0.1, 0.15) is 0 Å². The first kappa shape index (κ1) is 7.90. The van der Waals surface area contributed by atoms with E-state index < -0.39 is 0 Å². The molecule has 0 amide bonds. The fraction of sp³-hybridized carbons (Fsp3) is 0.500. The Morgan fingerprint density at radius 2 is 2.22 bits per heavy atom. The molecule has 48 valence electrons. The quantitative estimate of drug-likeness (QED) is 0.276. The Bertz CT molecular complexity index is 169. The Morgan fingerprint density at radius 3 is 2.67 bits per heavy atom. The average molecular weight is 124 g/mol. The van der Waals surface area contributed by atoms with Crippen LogP contribution in [0.15, 0.2) is 4.99 Å². The molecule has 0 aromatic carbocycles. The molecular formula is C6H8N2O. The van der Waals surface area contributed by atoms with Gasteiger partial charge in [-0.15, -0.1) is 4.99 Å². The van der Waals surface area contributed by atoms with Crippen molar-refractivity contribution in [2.75, 3.05) is 20.6 Å². The van der Waals surface area contributed by atoms with Gasteiger partial charge in [-0.3, -0.25) is 4.90 Å². The van der Waals surface area contributed by atoms with E-state index in [1.165, 1.54) is 6.08 Å². The largest absolute Gasteiger partial charge is 0.298 e. The van der Waals surface area contributed by atoms with E-state index in [1.54, 1.807) is 0 Å². The molecule has 0 spiro atoms. The highest BCUT2D eigenvalue weighted by molar-refractivity contribution is 5.36. The van der Waals surface area contributed by atoms with E-state index in [4.69, 9.17) is 0 Å². The predicted molar refractivity (Wildman–Crippen MR) is 34.5 cm³/mol. The third-order valence-corrected chi connectivity index (χ3v) is 0.576. The molecule has 0 aromatic heterocycles. The zero-order valence-corrected chi connectivity index (χ0v) is 5.51. The second-order valence-electron chi connectivity index (χ2n) is 1.73. The van der Waals surface area contributed by atoms with Crippen LogP contribution in [-0.2, 0) is 4.79 Å². The molecule has 3 heteroatoms. The summed E-state index contributed by atoms with van der Waals surface area (Å²) >= 11 is 0. The van der Waals surface area contributed by atoms with Crippen LogP contribution >= 0.6 is 0 Å². The second kappa shape index (κ2) is 5.04. The first-order valence-corrected chi connectivity index (χ1v) is 2.47. The lowest BCUT2D eigenvalue weighted by atomic mass is 10.6. The van der Waals surface area contributed by atoms with Crippen molar-refractivity contribution in [2.45, 2.75) is 0 Å². The highest BCUT2D eigenvalue weighted by Gasteiger charge is 1.78. The van der Waals surface area contributed by atoms with E-state index in [9.17, 15) is 4.79 Å². The molecule has 0 aliphatic carbocycles. The molecule has 0 aliphatic rings. The Hall–Kier alpha value is -1.10. The molecule has 0 aromatic rings. The normalized spacial score (nSPS) is 7.44. The third kappa shape index (κ3) is 6.90. The van der Waals surface area contributed by atoms with Gasteiger partial charge in [0, 0.05) is 6.04 Å². The van der Waals surface area contributed by atoms with Gasteiger partial charge in [0.05, 0.1) is 6.54 Å². The fourth-order valence-corrected chi connectivity index (χ4v) is 0.256. The lowest BCUT2D eigenvalue weighted by Crippen LogP contribution is -2.10. The Labute approximate surface area is 54.4 Å². The van der Waals surface area contributed by atoms with E-state index in [-0.39, 0.29) is 0 Å². The van der Waals surface area contributed by atoms with E-state index in [2.05, 4.69) is 17.0 Å². The van der Waals surface area contributed by atoms with Gasteiger partial charge in [-0.05, 0) is 14.1 Å². The van der Waals surface area contributed by atoms with Crippen molar-refractivity contribution in [3.8, 4) is 12.0 Å². The molecule has 0 saturated carbocycles. The van der Waals surface area contributed by atoms with E-state index in [0.29, 0.717) is 6.54 Å². The molecule has 0 bridgehead atoms. The maximum Gasteiger partial charge on any atom is 0.249 e. The Kier molecular flexibility index (Phi) is 4.43. The molecule has 0 heterocycles. The maximum atomic E-state index is 9.44. The smallest absolute Gasteiger partial charge is 0.249 e. The van der Waals surface area contributed by atoms with Crippen molar-refractivity contribution in [3.05, 3.63) is 0 Å². The van der Waals surface area contributed by atoms with Crippen LogP contribution in [0.5, 0.6) is 0 Å². The van der Waals surface area contributed by atoms with Crippen molar-refractivity contribution in [2.24, 2.45) is 4.99 Å². The predicted octanol–water partition coefficient (Wildman–Crippen LogP) is -0.155. The summed E-state index contributed by atoms with van der Waals surface area (Å²) in [6.07, 6.45) is 1.32. The zero-order chi connectivity index (χ0) is 7.11. The van der Waals surface area contributed by atoms with Crippen molar-refractivity contribution in [1.82, 2.24) is 4.90 Å². The Morgan fingerprint density at radius 1 is 1.56 bits per heavy atom. The second-order valence-corrected chi connectivity index (χ2v) is 1.73. The molecule has 0 aliphatic heterocycles. The molecule has 0 rings (SSSR count). The number of aliphatic imine (C=N–C) groups is 1. The average Bonchev–Trinajstić information content (AvgIpc) is 1.80. The van der Waals surface area contributed by atoms with Crippen LogP contribution in [0.3, 0.4) is 0 Å². The molecule has 3 nitrogen and oxygen atoms in total. The van der Waals surface area contributed by atoms with Crippen LogP contribution in [0.25, 0.3) is 0 Å². The first-order valence-electron chi connectivity index (χ1n) is 2.47. The summed E-state index contributed by atoms with van der Waals surface area (Å²) in [7, 11) is 3.78. The van der Waals surface area contributed by atoms with Crippen molar-refractivity contribution in [3.63, 3.8) is 0 Å². The van der Waals surface area contributed by atoms with Gasteiger partial charge in [0.15, 0.2) is 0 Å². The van der Waals surface area contributed by atoms with Gasteiger partial charge >= 0.3 is 0 Å². The van der Waals surface area contributed by atoms with E-state index in [1.807, 2.05) is 19.0 Å². The van der Waals surface area contributed by atoms with E-state index >= 15 is 0 Å². The lowest BCUT2D eigenvalue weighted by molar-refractivity contribution is 0.464. The van der Waals surface area contributed by atoms with Crippen LogP contribution in [0.4, 0.5) is 0 Å². The number of nitrogens with zero attached hydrogens (tertiary/aromatic N) is 2. The van der Waals surface area contributed by atoms with Gasteiger partial charge in [-0.1, -0.05) is 5.92 Å². The van der Waals surface area contributed by atoms with Crippen LogP contribution in [0, 0.1) is 12.0 Å². The zero-order valence-electron chi connectivity index (χ0n) is 5.51. The summed E-state index contributed by atoms with van der Waals surface area (Å²) in [4.78, 5) is 14.4. The van der Waals surface area contributed by atoms with Crippen molar-refractivity contribution >= 4 is 6.08 Å².